The van der Waals surface area contributed by atoms with Crippen LogP contribution in [-0.4, -0.2) is 30.1 Å². The number of carbonyl (C=O) groups is 1. The summed E-state index contributed by atoms with van der Waals surface area (Å²) >= 11 is 13.8. The number of ether oxygens (including phenoxy) is 1. The van der Waals surface area contributed by atoms with Gasteiger partial charge in [0.2, 0.25) is 0 Å². The molecule has 1 saturated heterocycles. The van der Waals surface area contributed by atoms with Crippen LogP contribution in [0, 0.1) is 6.92 Å². The number of amides is 1. The molecule has 3 aromatic rings. The maximum Gasteiger partial charge on any atom is 0.260 e. The molecule has 1 aliphatic heterocycles. The third-order valence-electron chi connectivity index (χ3n) is 4.66. The first-order valence-corrected chi connectivity index (χ1v) is 10.3. The molecule has 4 nitrogen and oxygen atoms in total. The van der Waals surface area contributed by atoms with Crippen molar-refractivity contribution in [1.29, 1.82) is 0 Å². The molecule has 0 aliphatic carbocycles. The summed E-state index contributed by atoms with van der Waals surface area (Å²) in [5.74, 6) is -0.116. The summed E-state index contributed by atoms with van der Waals surface area (Å²) in [5, 5.41) is 1.88. The molecule has 4 rings (SSSR count). The Kier molecular flexibility index (Phi) is 5.37. The van der Waals surface area contributed by atoms with Crippen molar-refractivity contribution in [3.63, 3.8) is 0 Å². The minimum atomic E-state index is -0.116. The second kappa shape index (κ2) is 7.76. The molecule has 1 unspecified atom stereocenters. The van der Waals surface area contributed by atoms with E-state index in [1.165, 1.54) is 11.3 Å². The van der Waals surface area contributed by atoms with Crippen LogP contribution >= 0.6 is 34.5 Å². The van der Waals surface area contributed by atoms with Crippen LogP contribution in [0.2, 0.25) is 10.0 Å². The van der Waals surface area contributed by atoms with Crippen LogP contribution in [-0.2, 0) is 4.74 Å². The molecule has 140 valence electrons. The zero-order chi connectivity index (χ0) is 19.0. The van der Waals surface area contributed by atoms with Crippen LogP contribution in [0.1, 0.15) is 28.8 Å². The Labute approximate surface area is 171 Å². The van der Waals surface area contributed by atoms with E-state index in [0.29, 0.717) is 27.3 Å². The summed E-state index contributed by atoms with van der Waals surface area (Å²) in [7, 11) is 0. The van der Waals surface area contributed by atoms with Gasteiger partial charge in [-0.15, -0.1) is 0 Å². The van der Waals surface area contributed by atoms with E-state index < -0.39 is 0 Å². The summed E-state index contributed by atoms with van der Waals surface area (Å²) in [5.41, 5.74) is 2.44. The van der Waals surface area contributed by atoms with Gasteiger partial charge in [-0.05, 0) is 55.7 Å². The Morgan fingerprint density at radius 1 is 1.26 bits per heavy atom. The standard InChI is InChI=1S/C20H18Cl2N2O2S/c1-12-4-9-16(22)18-17(12)23-20(27-18)24(11-15-3-2-10-26-15)19(25)13-5-7-14(21)8-6-13/h4-9,15H,2-3,10-11H2,1H3. The molecule has 0 saturated carbocycles. The Morgan fingerprint density at radius 2 is 2.04 bits per heavy atom. The number of anilines is 1. The largest absolute Gasteiger partial charge is 0.376 e. The lowest BCUT2D eigenvalue weighted by Crippen LogP contribution is -2.37. The number of carbonyl (C=O) groups excluding carboxylic acids is 1. The third kappa shape index (κ3) is 3.83. The predicted octanol–water partition coefficient (Wildman–Crippen LogP) is 5.74. The van der Waals surface area contributed by atoms with E-state index in [-0.39, 0.29) is 12.0 Å². The molecular weight excluding hydrogens is 403 g/mol. The Morgan fingerprint density at radius 3 is 2.70 bits per heavy atom. The lowest BCUT2D eigenvalue weighted by Gasteiger charge is -2.23. The molecule has 27 heavy (non-hydrogen) atoms. The first-order chi connectivity index (χ1) is 13.0. The number of halogens is 2. The Balaban J connectivity index is 1.75. The van der Waals surface area contributed by atoms with Gasteiger partial charge in [0.15, 0.2) is 5.13 Å². The van der Waals surface area contributed by atoms with E-state index in [4.69, 9.17) is 32.9 Å². The lowest BCUT2D eigenvalue weighted by molar-refractivity contribution is 0.0917. The van der Waals surface area contributed by atoms with E-state index in [1.807, 2.05) is 19.1 Å². The van der Waals surface area contributed by atoms with Gasteiger partial charge in [0, 0.05) is 17.2 Å². The molecule has 7 heteroatoms. The number of fused-ring (bicyclic) bond motifs is 1. The number of nitrogens with zero attached hydrogens (tertiary/aromatic N) is 2. The fourth-order valence-electron chi connectivity index (χ4n) is 3.19. The third-order valence-corrected chi connectivity index (χ3v) is 6.45. The monoisotopic (exact) mass is 420 g/mol. The number of rotatable bonds is 4. The first kappa shape index (κ1) is 18.7. The van der Waals surface area contributed by atoms with Crippen molar-refractivity contribution in [1.82, 2.24) is 4.98 Å². The summed E-state index contributed by atoms with van der Waals surface area (Å²) in [4.78, 5) is 19.7. The molecule has 0 N–H and O–H groups in total. The van der Waals surface area contributed by atoms with Crippen molar-refractivity contribution >= 4 is 55.8 Å². The highest BCUT2D eigenvalue weighted by Crippen LogP contribution is 2.36. The van der Waals surface area contributed by atoms with Gasteiger partial charge in [-0.2, -0.15) is 0 Å². The predicted molar refractivity (Wildman–Crippen MR) is 111 cm³/mol. The van der Waals surface area contributed by atoms with Crippen LogP contribution in [0.3, 0.4) is 0 Å². The average molecular weight is 421 g/mol. The highest BCUT2D eigenvalue weighted by molar-refractivity contribution is 7.23. The molecule has 2 aromatic carbocycles. The van der Waals surface area contributed by atoms with E-state index in [0.717, 1.165) is 35.2 Å². The van der Waals surface area contributed by atoms with Gasteiger partial charge in [-0.25, -0.2) is 4.98 Å². The Bertz CT molecular complexity index is 943. The number of aromatic nitrogens is 1. The molecular formula is C20H18Cl2N2O2S. The van der Waals surface area contributed by atoms with Gasteiger partial charge in [-0.1, -0.05) is 40.6 Å². The minimum absolute atomic E-state index is 0.0184. The minimum Gasteiger partial charge on any atom is -0.376 e. The van der Waals surface area contributed by atoms with Crippen LogP contribution in [0.5, 0.6) is 0 Å². The fourth-order valence-corrected chi connectivity index (χ4v) is 4.64. The molecule has 2 heterocycles. The smallest absolute Gasteiger partial charge is 0.260 e. The molecule has 1 aliphatic rings. The molecule has 1 fully saturated rings. The van der Waals surface area contributed by atoms with Crippen molar-refractivity contribution in [2.45, 2.75) is 25.9 Å². The molecule has 0 spiro atoms. The molecule has 1 atom stereocenters. The molecule has 1 aromatic heterocycles. The maximum absolute atomic E-state index is 13.3. The van der Waals surface area contributed by atoms with E-state index in [2.05, 4.69) is 0 Å². The van der Waals surface area contributed by atoms with Crippen molar-refractivity contribution in [2.24, 2.45) is 0 Å². The van der Waals surface area contributed by atoms with Gasteiger partial charge in [0.25, 0.3) is 5.91 Å². The van der Waals surface area contributed by atoms with Gasteiger partial charge in [0.1, 0.15) is 0 Å². The zero-order valence-electron chi connectivity index (χ0n) is 14.7. The number of benzene rings is 2. The van der Waals surface area contributed by atoms with Crippen molar-refractivity contribution < 1.29 is 9.53 Å². The molecule has 0 bridgehead atoms. The van der Waals surface area contributed by atoms with Crippen LogP contribution < -0.4 is 4.90 Å². The second-order valence-electron chi connectivity index (χ2n) is 6.60. The number of hydrogen-bond acceptors (Lipinski definition) is 4. The normalized spacial score (nSPS) is 16.8. The van der Waals surface area contributed by atoms with E-state index in [1.54, 1.807) is 29.2 Å². The maximum atomic E-state index is 13.3. The zero-order valence-corrected chi connectivity index (χ0v) is 17.1. The number of aryl methyl sites for hydroxylation is 1. The van der Waals surface area contributed by atoms with E-state index in [9.17, 15) is 4.79 Å². The summed E-state index contributed by atoms with van der Waals surface area (Å²) in [6.07, 6.45) is 1.97. The lowest BCUT2D eigenvalue weighted by atomic mass is 10.2. The van der Waals surface area contributed by atoms with Gasteiger partial charge in [-0.3, -0.25) is 9.69 Å². The fraction of sp³-hybridized carbons (Fsp3) is 0.300. The summed E-state index contributed by atoms with van der Waals surface area (Å²) in [6.45, 7) is 3.20. The summed E-state index contributed by atoms with van der Waals surface area (Å²) in [6, 6.07) is 10.7. The van der Waals surface area contributed by atoms with Crippen LogP contribution in [0.4, 0.5) is 5.13 Å². The number of thiazole rings is 1. The average Bonchev–Trinajstić information content (AvgIpc) is 3.33. The second-order valence-corrected chi connectivity index (χ2v) is 8.42. The quantitative estimate of drug-likeness (QED) is 0.540. The molecule has 1 amide bonds. The van der Waals surface area contributed by atoms with Crippen LogP contribution in [0.15, 0.2) is 36.4 Å². The van der Waals surface area contributed by atoms with Gasteiger partial charge in [0.05, 0.1) is 27.9 Å². The van der Waals surface area contributed by atoms with Crippen molar-refractivity contribution in [2.75, 3.05) is 18.1 Å². The SMILES string of the molecule is Cc1ccc(Cl)c2sc(N(CC3CCCO3)C(=O)c3ccc(Cl)cc3)nc12. The van der Waals surface area contributed by atoms with Crippen LogP contribution in [0.25, 0.3) is 10.2 Å². The van der Waals surface area contributed by atoms with Gasteiger partial charge >= 0.3 is 0 Å². The topological polar surface area (TPSA) is 42.4 Å². The van der Waals surface area contributed by atoms with Crippen molar-refractivity contribution in [3.8, 4) is 0 Å². The van der Waals surface area contributed by atoms with E-state index >= 15 is 0 Å². The summed E-state index contributed by atoms with van der Waals surface area (Å²) < 4.78 is 6.66. The Hall–Kier alpha value is -1.66. The highest BCUT2D eigenvalue weighted by atomic mass is 35.5. The molecule has 0 radical (unpaired) electrons. The first-order valence-electron chi connectivity index (χ1n) is 8.77. The van der Waals surface area contributed by atoms with Gasteiger partial charge < -0.3 is 4.74 Å². The van der Waals surface area contributed by atoms with Crippen molar-refractivity contribution in [3.05, 3.63) is 57.6 Å². The highest BCUT2D eigenvalue weighted by Gasteiger charge is 2.27. The number of hydrogen-bond donors (Lipinski definition) is 0.